The van der Waals surface area contributed by atoms with E-state index in [4.69, 9.17) is 9.47 Å². The van der Waals surface area contributed by atoms with Crippen LogP contribution in [0.5, 0.6) is 11.5 Å². The van der Waals surface area contributed by atoms with Crippen molar-refractivity contribution in [2.75, 3.05) is 26.1 Å². The number of benzene rings is 1. The highest BCUT2D eigenvalue weighted by atomic mass is 16.5. The zero-order valence-electron chi connectivity index (χ0n) is 13.8. The fraction of sp³-hybridized carbons (Fsp3) is 0.375. The second-order valence-electron chi connectivity index (χ2n) is 5.11. The number of nitrogens with one attached hydrogen (secondary N) is 2. The average molecular weight is 318 g/mol. The lowest BCUT2D eigenvalue weighted by molar-refractivity contribution is 0.252. The Balaban J connectivity index is 1.83. The van der Waals surface area contributed by atoms with Crippen LogP contribution in [0.3, 0.4) is 0 Å². The van der Waals surface area contributed by atoms with Crippen molar-refractivity contribution in [3.63, 3.8) is 0 Å². The number of carbonyl (C=O) groups is 1. The number of hydrogen-bond acceptors (Lipinski definition) is 4. The molecule has 0 atom stereocenters. The molecule has 7 heteroatoms. The lowest BCUT2D eigenvalue weighted by Gasteiger charge is -2.10. The summed E-state index contributed by atoms with van der Waals surface area (Å²) < 4.78 is 12.2. The maximum atomic E-state index is 11.8. The first-order valence-corrected chi connectivity index (χ1v) is 7.30. The predicted octanol–water partition coefficient (Wildman–Crippen LogP) is 2.11. The van der Waals surface area contributed by atoms with Crippen LogP contribution in [-0.2, 0) is 13.5 Å². The minimum absolute atomic E-state index is 0.274. The van der Waals surface area contributed by atoms with Crippen molar-refractivity contribution >= 4 is 11.8 Å². The highest BCUT2D eigenvalue weighted by Gasteiger charge is 2.07. The fourth-order valence-corrected chi connectivity index (χ4v) is 2.14. The molecule has 23 heavy (non-hydrogen) atoms. The molecule has 0 unspecified atom stereocenters. The van der Waals surface area contributed by atoms with Crippen molar-refractivity contribution < 1.29 is 14.3 Å². The van der Waals surface area contributed by atoms with Crippen molar-refractivity contribution in [2.45, 2.75) is 13.3 Å². The number of nitrogens with zero attached hydrogens (tertiary/aromatic N) is 2. The number of rotatable bonds is 6. The van der Waals surface area contributed by atoms with Gasteiger partial charge in [-0.2, -0.15) is 5.10 Å². The van der Waals surface area contributed by atoms with E-state index in [0.29, 0.717) is 30.3 Å². The predicted molar refractivity (Wildman–Crippen MR) is 88.2 cm³/mol. The summed E-state index contributed by atoms with van der Waals surface area (Å²) in [7, 11) is 5.03. The van der Waals surface area contributed by atoms with Gasteiger partial charge in [-0.25, -0.2) is 4.79 Å². The highest BCUT2D eigenvalue weighted by molar-refractivity contribution is 5.88. The van der Waals surface area contributed by atoms with Gasteiger partial charge in [-0.1, -0.05) is 6.07 Å². The molecular weight excluding hydrogens is 296 g/mol. The number of aryl methyl sites for hydroxylation is 2. The Kier molecular flexibility index (Phi) is 5.46. The van der Waals surface area contributed by atoms with Crippen molar-refractivity contribution in [2.24, 2.45) is 7.05 Å². The van der Waals surface area contributed by atoms with Gasteiger partial charge in [0.15, 0.2) is 17.3 Å². The van der Waals surface area contributed by atoms with Crippen molar-refractivity contribution in [3.8, 4) is 11.5 Å². The zero-order valence-corrected chi connectivity index (χ0v) is 13.8. The Morgan fingerprint density at radius 2 is 1.96 bits per heavy atom. The number of ether oxygens (including phenoxy) is 2. The first kappa shape index (κ1) is 16.7. The Morgan fingerprint density at radius 3 is 2.57 bits per heavy atom. The van der Waals surface area contributed by atoms with E-state index in [-0.39, 0.29) is 6.03 Å². The molecule has 0 radical (unpaired) electrons. The molecular formula is C16H22N4O3. The van der Waals surface area contributed by atoms with Gasteiger partial charge in [0, 0.05) is 25.4 Å². The molecule has 2 N–H and O–H groups in total. The van der Waals surface area contributed by atoms with Crippen molar-refractivity contribution in [1.82, 2.24) is 15.1 Å². The smallest absolute Gasteiger partial charge is 0.320 e. The van der Waals surface area contributed by atoms with E-state index in [1.165, 1.54) is 0 Å². The minimum atomic E-state index is -0.274. The molecule has 124 valence electrons. The normalized spacial score (nSPS) is 10.3. The second-order valence-corrected chi connectivity index (χ2v) is 5.11. The molecule has 7 nitrogen and oxygen atoms in total. The molecule has 0 aliphatic heterocycles. The van der Waals surface area contributed by atoms with E-state index >= 15 is 0 Å². The quantitative estimate of drug-likeness (QED) is 0.855. The van der Waals surface area contributed by atoms with Crippen LogP contribution in [0, 0.1) is 6.92 Å². The first-order valence-electron chi connectivity index (χ1n) is 7.30. The van der Waals surface area contributed by atoms with Crippen LogP contribution in [0.25, 0.3) is 0 Å². The van der Waals surface area contributed by atoms with Gasteiger partial charge in [0.05, 0.1) is 14.2 Å². The molecule has 2 aromatic rings. The first-order chi connectivity index (χ1) is 11.0. The van der Waals surface area contributed by atoms with Crippen LogP contribution in [0.2, 0.25) is 0 Å². The van der Waals surface area contributed by atoms with E-state index in [0.717, 1.165) is 11.3 Å². The number of hydrogen-bond donors (Lipinski definition) is 2. The molecule has 1 aromatic heterocycles. The topological polar surface area (TPSA) is 77.4 Å². The zero-order chi connectivity index (χ0) is 16.8. The molecule has 0 fully saturated rings. The molecule has 0 saturated carbocycles. The van der Waals surface area contributed by atoms with Crippen LogP contribution >= 0.6 is 0 Å². The van der Waals surface area contributed by atoms with Gasteiger partial charge in [-0.15, -0.1) is 0 Å². The maximum Gasteiger partial charge on any atom is 0.320 e. The summed E-state index contributed by atoms with van der Waals surface area (Å²) in [5, 5.41) is 9.68. The highest BCUT2D eigenvalue weighted by Crippen LogP contribution is 2.27. The lowest BCUT2D eigenvalue weighted by atomic mass is 10.1. The van der Waals surface area contributed by atoms with Crippen LogP contribution in [0.4, 0.5) is 10.6 Å². The lowest BCUT2D eigenvalue weighted by Crippen LogP contribution is -2.30. The molecule has 1 heterocycles. The van der Waals surface area contributed by atoms with E-state index in [9.17, 15) is 4.79 Å². The van der Waals surface area contributed by atoms with Gasteiger partial charge in [-0.05, 0) is 31.0 Å². The average Bonchev–Trinajstić information content (AvgIpc) is 2.84. The Hall–Kier alpha value is -2.70. The van der Waals surface area contributed by atoms with Gasteiger partial charge >= 0.3 is 6.03 Å². The van der Waals surface area contributed by atoms with Crippen LogP contribution in [-0.4, -0.2) is 36.6 Å². The SMILES string of the molecule is COc1ccc(CCNC(=O)Nc2cc(C)n(C)n2)cc1OC. The van der Waals surface area contributed by atoms with E-state index < -0.39 is 0 Å². The molecule has 0 aliphatic rings. The third kappa shape index (κ3) is 4.38. The monoisotopic (exact) mass is 318 g/mol. The number of carbonyl (C=O) groups excluding carboxylic acids is 1. The number of aromatic nitrogens is 2. The Morgan fingerprint density at radius 1 is 1.22 bits per heavy atom. The standard InChI is InChI=1S/C16H22N4O3/c1-11-9-15(19-20(11)2)18-16(21)17-8-7-12-5-6-13(22-3)14(10-12)23-4/h5-6,9-10H,7-8H2,1-4H3,(H2,17,18,19,21). The largest absolute Gasteiger partial charge is 0.493 e. The number of anilines is 1. The summed E-state index contributed by atoms with van der Waals surface area (Å²) in [4.78, 5) is 11.8. The van der Waals surface area contributed by atoms with Gasteiger partial charge in [0.1, 0.15) is 0 Å². The van der Waals surface area contributed by atoms with Crippen molar-refractivity contribution in [3.05, 3.63) is 35.5 Å². The van der Waals surface area contributed by atoms with E-state index in [1.54, 1.807) is 18.9 Å². The number of methoxy groups -OCH3 is 2. The molecule has 2 rings (SSSR count). The van der Waals surface area contributed by atoms with Crippen molar-refractivity contribution in [1.29, 1.82) is 0 Å². The van der Waals surface area contributed by atoms with Crippen LogP contribution in [0.1, 0.15) is 11.3 Å². The molecule has 0 aliphatic carbocycles. The summed E-state index contributed by atoms with van der Waals surface area (Å²) in [6, 6.07) is 7.24. The number of urea groups is 1. The maximum absolute atomic E-state index is 11.8. The molecule has 0 spiro atoms. The number of amides is 2. The fourth-order valence-electron chi connectivity index (χ4n) is 2.14. The van der Waals surface area contributed by atoms with E-state index in [1.807, 2.05) is 38.2 Å². The van der Waals surface area contributed by atoms with Crippen LogP contribution in [0.15, 0.2) is 24.3 Å². The Bertz CT molecular complexity index is 662. The van der Waals surface area contributed by atoms with Gasteiger partial charge < -0.3 is 14.8 Å². The molecule has 1 aromatic carbocycles. The summed E-state index contributed by atoms with van der Waals surface area (Å²) >= 11 is 0. The summed E-state index contributed by atoms with van der Waals surface area (Å²) in [6.07, 6.45) is 0.690. The summed E-state index contributed by atoms with van der Waals surface area (Å²) in [5.41, 5.74) is 2.03. The molecule has 2 amide bonds. The summed E-state index contributed by atoms with van der Waals surface area (Å²) in [5.74, 6) is 1.90. The second kappa shape index (κ2) is 7.53. The third-order valence-electron chi connectivity index (χ3n) is 3.50. The minimum Gasteiger partial charge on any atom is -0.493 e. The van der Waals surface area contributed by atoms with Gasteiger partial charge in [-0.3, -0.25) is 10.00 Å². The molecule has 0 saturated heterocycles. The molecule has 0 bridgehead atoms. The van der Waals surface area contributed by atoms with E-state index in [2.05, 4.69) is 15.7 Å². The van der Waals surface area contributed by atoms with Gasteiger partial charge in [0.2, 0.25) is 0 Å². The summed E-state index contributed by atoms with van der Waals surface area (Å²) in [6.45, 7) is 2.43. The Labute approximate surface area is 135 Å². The van der Waals surface area contributed by atoms with Gasteiger partial charge in [0.25, 0.3) is 0 Å². The third-order valence-corrected chi connectivity index (χ3v) is 3.50. The van der Waals surface area contributed by atoms with Crippen LogP contribution < -0.4 is 20.1 Å².